The number of aromatic nitrogens is 1. The second-order valence-corrected chi connectivity index (χ2v) is 21.5. The molecule has 16 rings (SSSR count). The number of hydrogen-bond acceptors (Lipinski definition) is 2. The summed E-state index contributed by atoms with van der Waals surface area (Å²) in [7, 11) is 0. The van der Waals surface area contributed by atoms with Crippen molar-refractivity contribution < 1.29 is 4.42 Å². The molecule has 1 aliphatic carbocycles. The molecule has 1 unspecified atom stereocenters. The van der Waals surface area contributed by atoms with Gasteiger partial charge in [-0.3, -0.25) is 0 Å². The molecule has 0 amide bonds. The molecule has 0 N–H and O–H groups in total. The van der Waals surface area contributed by atoms with Crippen molar-refractivity contribution >= 4 is 60.8 Å². The van der Waals surface area contributed by atoms with Crippen molar-refractivity contribution in [2.24, 2.45) is 0 Å². The molecule has 3 nitrogen and oxygen atoms in total. The van der Waals surface area contributed by atoms with E-state index in [1.807, 2.05) is 6.07 Å². The normalized spacial score (nSPS) is 13.7. The van der Waals surface area contributed by atoms with Crippen LogP contribution in [0.4, 0.5) is 17.1 Å². The molecule has 1 aliphatic rings. The van der Waals surface area contributed by atoms with Crippen LogP contribution in [0.3, 0.4) is 0 Å². The van der Waals surface area contributed by atoms with Gasteiger partial charge in [0, 0.05) is 49.9 Å². The molecule has 0 fully saturated rings. The Hall–Kier alpha value is -10.7. The summed E-state index contributed by atoms with van der Waals surface area (Å²) in [5, 5.41) is 4.75. The zero-order chi connectivity index (χ0) is 54.1. The summed E-state index contributed by atoms with van der Waals surface area (Å²) in [6.07, 6.45) is 0. The number of nitrogens with zero attached hydrogens (tertiary/aromatic N) is 2. The molecule has 82 heavy (non-hydrogen) atoms. The minimum Gasteiger partial charge on any atom is -0.455 e. The van der Waals surface area contributed by atoms with Gasteiger partial charge in [-0.15, -0.1) is 0 Å². The summed E-state index contributed by atoms with van der Waals surface area (Å²) in [5.41, 5.74) is 24.8. The van der Waals surface area contributed by atoms with Crippen LogP contribution in [0.15, 0.2) is 320 Å². The molecule has 13 aromatic carbocycles. The van der Waals surface area contributed by atoms with E-state index in [0.717, 1.165) is 66.9 Å². The molecule has 0 saturated carbocycles. The maximum absolute atomic E-state index is 6.54. The minimum absolute atomic E-state index is 0.575. The standard InChI is InChI=1S/C79H52N2O/c1-4-18-53(19-5-1)54-36-45-62(46-37-54)80(63-47-38-55(39-48-63)58-42-51-75-71(52-58)67-24-11-14-32-74(67)81(75)61-22-8-3-9-23-61)64-49-40-56(41-50-64)65-27-17-31-73-77(65)70-26-10-13-30-72(70)79(73,59-20-6-2-7-21-59)60-43-34-57(35-44-60)66-28-16-29-69-68-25-12-15-33-76(68)82-78(66)69/h1-52H. The zero-order valence-corrected chi connectivity index (χ0v) is 44.8. The van der Waals surface area contributed by atoms with Gasteiger partial charge in [0.2, 0.25) is 0 Å². The smallest absolute Gasteiger partial charge is 0.143 e. The summed E-state index contributed by atoms with van der Waals surface area (Å²) in [4.78, 5) is 2.38. The Morgan fingerprint density at radius 2 is 0.768 bits per heavy atom. The maximum atomic E-state index is 6.54. The SMILES string of the molecule is c1ccc(-c2ccc(N(c3ccc(-c4ccc5c(c4)c4ccccc4n5-c4ccccc4)cc3)c3ccc(-c4cccc5c4-c4ccccc4C5(c4ccccc4)c4ccc(-c5cccc6c5oc5ccccc56)cc4)cc3)cc2)cc1. The Morgan fingerprint density at radius 3 is 1.50 bits per heavy atom. The van der Waals surface area contributed by atoms with Gasteiger partial charge < -0.3 is 13.9 Å². The molecule has 2 aromatic heterocycles. The monoisotopic (exact) mass is 1040 g/mol. The fourth-order valence-electron chi connectivity index (χ4n) is 13.4. The predicted molar refractivity (Wildman–Crippen MR) is 342 cm³/mol. The van der Waals surface area contributed by atoms with Gasteiger partial charge in [-0.25, -0.2) is 0 Å². The number of hydrogen-bond donors (Lipinski definition) is 0. The molecule has 0 bridgehead atoms. The zero-order valence-electron chi connectivity index (χ0n) is 44.8. The van der Waals surface area contributed by atoms with Crippen molar-refractivity contribution in [1.82, 2.24) is 4.57 Å². The molecule has 0 radical (unpaired) electrons. The lowest BCUT2D eigenvalue weighted by Crippen LogP contribution is -2.28. The van der Waals surface area contributed by atoms with Gasteiger partial charge in [-0.2, -0.15) is 0 Å². The van der Waals surface area contributed by atoms with Crippen molar-refractivity contribution in [3.8, 4) is 61.3 Å². The van der Waals surface area contributed by atoms with Crippen molar-refractivity contribution in [3.63, 3.8) is 0 Å². The lowest BCUT2D eigenvalue weighted by Gasteiger charge is -2.34. The molecular weight excluding hydrogens is 993 g/mol. The fraction of sp³-hybridized carbons (Fsp3) is 0.0127. The third kappa shape index (κ3) is 7.51. The molecule has 0 aliphatic heterocycles. The lowest BCUT2D eigenvalue weighted by molar-refractivity contribution is 0.670. The minimum atomic E-state index is -0.575. The quantitative estimate of drug-likeness (QED) is 0.136. The molecule has 0 saturated heterocycles. The van der Waals surface area contributed by atoms with Gasteiger partial charge in [0.25, 0.3) is 0 Å². The van der Waals surface area contributed by atoms with Crippen LogP contribution in [0.5, 0.6) is 0 Å². The Kier molecular flexibility index (Phi) is 11.1. The third-order valence-electron chi connectivity index (χ3n) is 17.1. The summed E-state index contributed by atoms with van der Waals surface area (Å²) >= 11 is 0. The maximum Gasteiger partial charge on any atom is 0.143 e. The van der Waals surface area contributed by atoms with E-state index in [1.54, 1.807) is 0 Å². The average molecular weight is 1050 g/mol. The lowest BCUT2D eigenvalue weighted by atomic mass is 9.67. The van der Waals surface area contributed by atoms with E-state index in [0.29, 0.717) is 0 Å². The van der Waals surface area contributed by atoms with E-state index in [4.69, 9.17) is 4.42 Å². The summed E-state index contributed by atoms with van der Waals surface area (Å²) in [6.45, 7) is 0. The predicted octanol–water partition coefficient (Wildman–Crippen LogP) is 21.2. The van der Waals surface area contributed by atoms with Gasteiger partial charge in [0.15, 0.2) is 0 Å². The van der Waals surface area contributed by atoms with Crippen molar-refractivity contribution in [3.05, 3.63) is 338 Å². The average Bonchev–Trinajstić information content (AvgIpc) is 3.09. The van der Waals surface area contributed by atoms with Crippen molar-refractivity contribution in [2.75, 3.05) is 4.90 Å². The second-order valence-electron chi connectivity index (χ2n) is 21.5. The molecule has 384 valence electrons. The highest BCUT2D eigenvalue weighted by Gasteiger charge is 2.47. The van der Waals surface area contributed by atoms with E-state index in [9.17, 15) is 0 Å². The Labute approximate surface area is 476 Å². The number of anilines is 3. The molecule has 3 heteroatoms. The van der Waals surface area contributed by atoms with Gasteiger partial charge in [-0.05, 0) is 145 Å². The van der Waals surface area contributed by atoms with Crippen molar-refractivity contribution in [2.45, 2.75) is 5.41 Å². The van der Waals surface area contributed by atoms with Gasteiger partial charge in [0.1, 0.15) is 11.2 Å². The first-order valence-corrected chi connectivity index (χ1v) is 28.2. The number of benzene rings is 13. The molecule has 15 aromatic rings. The van der Waals surface area contributed by atoms with E-state index in [1.165, 1.54) is 77.4 Å². The molecular formula is C79H52N2O. The summed E-state index contributed by atoms with van der Waals surface area (Å²) in [6, 6.07) is 115. The first-order valence-electron chi connectivity index (χ1n) is 28.2. The van der Waals surface area contributed by atoms with E-state index in [2.05, 4.69) is 319 Å². The fourth-order valence-corrected chi connectivity index (χ4v) is 13.4. The van der Waals surface area contributed by atoms with E-state index < -0.39 is 5.41 Å². The highest BCUT2D eigenvalue weighted by atomic mass is 16.3. The Bertz CT molecular complexity index is 4870. The number of rotatable bonds is 10. The third-order valence-corrected chi connectivity index (χ3v) is 17.1. The van der Waals surface area contributed by atoms with Crippen molar-refractivity contribution in [1.29, 1.82) is 0 Å². The highest BCUT2D eigenvalue weighted by molar-refractivity contribution is 6.11. The Morgan fingerprint density at radius 1 is 0.293 bits per heavy atom. The van der Waals surface area contributed by atoms with Crippen LogP contribution in [0.1, 0.15) is 22.3 Å². The molecule has 2 heterocycles. The first kappa shape index (κ1) is 47.3. The number of fused-ring (bicyclic) bond motifs is 9. The highest BCUT2D eigenvalue weighted by Crippen LogP contribution is 2.58. The second kappa shape index (κ2) is 19.3. The van der Waals surface area contributed by atoms with Crippen LogP contribution < -0.4 is 4.90 Å². The molecule has 0 spiro atoms. The van der Waals surface area contributed by atoms with Crippen LogP contribution in [0.25, 0.3) is 105 Å². The van der Waals surface area contributed by atoms with Crippen LogP contribution in [0.2, 0.25) is 0 Å². The molecule has 1 atom stereocenters. The summed E-state index contributed by atoms with van der Waals surface area (Å²) in [5.74, 6) is 0. The van der Waals surface area contributed by atoms with Crippen LogP contribution in [0, 0.1) is 0 Å². The van der Waals surface area contributed by atoms with E-state index >= 15 is 0 Å². The van der Waals surface area contributed by atoms with Crippen LogP contribution in [-0.2, 0) is 5.41 Å². The first-order chi connectivity index (χ1) is 40.7. The number of para-hydroxylation sites is 4. The van der Waals surface area contributed by atoms with Crippen LogP contribution in [-0.4, -0.2) is 4.57 Å². The largest absolute Gasteiger partial charge is 0.455 e. The number of furan rings is 1. The van der Waals surface area contributed by atoms with Gasteiger partial charge in [-0.1, -0.05) is 243 Å². The van der Waals surface area contributed by atoms with Crippen LogP contribution >= 0.6 is 0 Å². The van der Waals surface area contributed by atoms with Gasteiger partial charge >= 0.3 is 0 Å². The summed E-state index contributed by atoms with van der Waals surface area (Å²) < 4.78 is 8.91. The Balaban J connectivity index is 0.789. The van der Waals surface area contributed by atoms with E-state index in [-0.39, 0.29) is 0 Å². The topological polar surface area (TPSA) is 21.3 Å². The van der Waals surface area contributed by atoms with Gasteiger partial charge in [0.05, 0.1) is 16.4 Å².